The summed E-state index contributed by atoms with van der Waals surface area (Å²) < 4.78 is 1.60. The van der Waals surface area contributed by atoms with Gasteiger partial charge in [0.1, 0.15) is 5.69 Å². The lowest BCUT2D eigenvalue weighted by Gasteiger charge is -2.27. The summed E-state index contributed by atoms with van der Waals surface area (Å²) in [4.78, 5) is 12.4. The first-order valence-corrected chi connectivity index (χ1v) is 6.73. The van der Waals surface area contributed by atoms with Gasteiger partial charge in [-0.25, -0.2) is 0 Å². The smallest absolute Gasteiger partial charge is 0.185 e. The molecule has 0 aromatic carbocycles. The molecule has 3 nitrogen and oxygen atoms in total. The van der Waals surface area contributed by atoms with E-state index in [9.17, 15) is 4.79 Å². The van der Waals surface area contributed by atoms with Crippen LogP contribution in [0.4, 0.5) is 0 Å². The third-order valence-corrected chi connectivity index (χ3v) is 4.14. The molecule has 4 heteroatoms. The zero-order chi connectivity index (χ0) is 12.4. The summed E-state index contributed by atoms with van der Waals surface area (Å²) in [6.07, 6.45) is 7.15. The van der Waals surface area contributed by atoms with E-state index in [1.165, 1.54) is 12.8 Å². The van der Waals surface area contributed by atoms with Crippen LogP contribution in [0.5, 0.6) is 0 Å². The van der Waals surface area contributed by atoms with E-state index in [2.05, 4.69) is 12.0 Å². The van der Waals surface area contributed by atoms with Crippen LogP contribution in [0.15, 0.2) is 6.20 Å². The number of carbonyl (C=O) groups excluding carboxylic acids is 1. The van der Waals surface area contributed by atoms with Crippen molar-refractivity contribution < 1.29 is 4.79 Å². The highest BCUT2D eigenvalue weighted by Gasteiger charge is 2.29. The predicted octanol–water partition coefficient (Wildman–Crippen LogP) is 3.47. The molecule has 1 aliphatic rings. The first-order chi connectivity index (χ1) is 8.13. The molecule has 0 aliphatic heterocycles. The van der Waals surface area contributed by atoms with Crippen molar-refractivity contribution >= 4 is 17.4 Å². The number of rotatable bonds is 3. The summed E-state index contributed by atoms with van der Waals surface area (Å²) >= 11 is 6.03. The van der Waals surface area contributed by atoms with Gasteiger partial charge in [-0.1, -0.05) is 37.8 Å². The Labute approximate surface area is 107 Å². The average Bonchev–Trinajstić information content (AvgIpc) is 2.68. The van der Waals surface area contributed by atoms with Crippen molar-refractivity contribution in [3.63, 3.8) is 0 Å². The fraction of sp³-hybridized carbons (Fsp3) is 0.692. The zero-order valence-corrected chi connectivity index (χ0v) is 11.2. The molecular weight excluding hydrogens is 236 g/mol. The van der Waals surface area contributed by atoms with Crippen LogP contribution >= 0.6 is 11.6 Å². The number of aromatic nitrogens is 2. The van der Waals surface area contributed by atoms with Crippen LogP contribution in [0.1, 0.15) is 49.5 Å². The standard InChI is InChI=1S/C13H19ClN2O/c1-3-9-5-4-6-10(7-9)13(17)12-11(14)8-15-16(12)2/h8-10H,3-7H2,1-2H3. The lowest BCUT2D eigenvalue weighted by Crippen LogP contribution is -2.24. The molecule has 1 aromatic heterocycles. The molecule has 2 unspecified atom stereocenters. The number of nitrogens with zero attached hydrogens (tertiary/aromatic N) is 2. The molecule has 17 heavy (non-hydrogen) atoms. The molecule has 1 saturated carbocycles. The van der Waals surface area contributed by atoms with Crippen LogP contribution in [0.3, 0.4) is 0 Å². The zero-order valence-electron chi connectivity index (χ0n) is 10.4. The van der Waals surface area contributed by atoms with Crippen LogP contribution in [0, 0.1) is 11.8 Å². The Kier molecular flexibility index (Phi) is 3.87. The van der Waals surface area contributed by atoms with Gasteiger partial charge in [0.05, 0.1) is 11.2 Å². The number of ketones is 1. The molecule has 2 atom stereocenters. The molecule has 0 amide bonds. The molecular formula is C13H19ClN2O. The first kappa shape index (κ1) is 12.6. The second kappa shape index (κ2) is 5.21. The van der Waals surface area contributed by atoms with Crippen molar-refractivity contribution in [1.82, 2.24) is 9.78 Å². The second-order valence-corrected chi connectivity index (χ2v) is 5.37. The topological polar surface area (TPSA) is 34.9 Å². The fourth-order valence-electron chi connectivity index (χ4n) is 2.78. The summed E-state index contributed by atoms with van der Waals surface area (Å²) in [5.41, 5.74) is 0.577. The Morgan fingerprint density at radius 1 is 1.59 bits per heavy atom. The molecule has 0 spiro atoms. The molecule has 1 fully saturated rings. The Morgan fingerprint density at radius 2 is 2.35 bits per heavy atom. The quantitative estimate of drug-likeness (QED) is 0.774. The third-order valence-electron chi connectivity index (χ3n) is 3.86. The van der Waals surface area contributed by atoms with Crippen molar-refractivity contribution in [1.29, 1.82) is 0 Å². The Balaban J connectivity index is 2.15. The van der Waals surface area contributed by atoms with E-state index < -0.39 is 0 Å². The maximum absolute atomic E-state index is 12.4. The van der Waals surface area contributed by atoms with Crippen LogP contribution < -0.4 is 0 Å². The summed E-state index contributed by atoms with van der Waals surface area (Å²) in [7, 11) is 1.78. The van der Waals surface area contributed by atoms with E-state index in [1.807, 2.05) is 0 Å². The number of hydrogen-bond acceptors (Lipinski definition) is 2. The fourth-order valence-corrected chi connectivity index (χ4v) is 3.04. The summed E-state index contributed by atoms with van der Waals surface area (Å²) in [5, 5.41) is 4.52. The highest BCUT2D eigenvalue weighted by molar-refractivity contribution is 6.33. The molecule has 2 rings (SSSR count). The monoisotopic (exact) mass is 254 g/mol. The number of carbonyl (C=O) groups is 1. The maximum atomic E-state index is 12.4. The van der Waals surface area contributed by atoms with Crippen molar-refractivity contribution in [3.05, 3.63) is 16.9 Å². The molecule has 0 saturated heterocycles. The van der Waals surface area contributed by atoms with Gasteiger partial charge >= 0.3 is 0 Å². The molecule has 1 heterocycles. The van der Waals surface area contributed by atoms with E-state index in [0.29, 0.717) is 16.6 Å². The normalized spacial score (nSPS) is 24.9. The number of aryl methyl sites for hydroxylation is 1. The molecule has 0 radical (unpaired) electrons. The molecule has 1 aliphatic carbocycles. The Bertz CT molecular complexity index is 394. The number of Topliss-reactive ketones (excluding diaryl/α,β-unsaturated/α-hetero) is 1. The summed E-state index contributed by atoms with van der Waals surface area (Å²) in [6, 6.07) is 0. The van der Waals surface area contributed by atoms with Crippen LogP contribution in [0.2, 0.25) is 5.02 Å². The number of hydrogen-bond donors (Lipinski definition) is 0. The van der Waals surface area contributed by atoms with E-state index in [4.69, 9.17) is 11.6 Å². The van der Waals surface area contributed by atoms with Gasteiger partial charge in [-0.05, 0) is 18.8 Å². The van der Waals surface area contributed by atoms with Gasteiger partial charge in [-0.3, -0.25) is 9.48 Å². The van der Waals surface area contributed by atoms with Gasteiger partial charge in [0.15, 0.2) is 5.78 Å². The molecule has 0 N–H and O–H groups in total. The van der Waals surface area contributed by atoms with Crippen LogP contribution in [-0.4, -0.2) is 15.6 Å². The molecule has 0 bridgehead atoms. The van der Waals surface area contributed by atoms with E-state index >= 15 is 0 Å². The number of halogens is 1. The lowest BCUT2D eigenvalue weighted by atomic mass is 9.78. The SMILES string of the molecule is CCC1CCCC(C(=O)c2c(Cl)cnn2C)C1. The summed E-state index contributed by atoms with van der Waals surface area (Å²) in [5.74, 6) is 1.01. The van der Waals surface area contributed by atoms with Crippen molar-refractivity contribution in [2.45, 2.75) is 39.0 Å². The molecule has 1 aromatic rings. The van der Waals surface area contributed by atoms with Gasteiger partial charge in [0.25, 0.3) is 0 Å². The third kappa shape index (κ3) is 2.54. The average molecular weight is 255 g/mol. The van der Waals surface area contributed by atoms with E-state index in [1.54, 1.807) is 17.9 Å². The minimum atomic E-state index is 0.140. The van der Waals surface area contributed by atoms with E-state index in [0.717, 1.165) is 19.3 Å². The molecule has 94 valence electrons. The van der Waals surface area contributed by atoms with Gasteiger partial charge in [0, 0.05) is 13.0 Å². The Morgan fingerprint density at radius 3 is 2.94 bits per heavy atom. The Hall–Kier alpha value is -0.830. The van der Waals surface area contributed by atoms with Gasteiger partial charge in [0.2, 0.25) is 0 Å². The largest absolute Gasteiger partial charge is 0.292 e. The van der Waals surface area contributed by atoms with Gasteiger partial charge in [-0.15, -0.1) is 0 Å². The van der Waals surface area contributed by atoms with Crippen LogP contribution in [0.25, 0.3) is 0 Å². The van der Waals surface area contributed by atoms with E-state index in [-0.39, 0.29) is 11.7 Å². The maximum Gasteiger partial charge on any atom is 0.185 e. The van der Waals surface area contributed by atoms with Crippen LogP contribution in [-0.2, 0) is 7.05 Å². The predicted molar refractivity (Wildman–Crippen MR) is 68.3 cm³/mol. The van der Waals surface area contributed by atoms with Crippen molar-refractivity contribution in [3.8, 4) is 0 Å². The first-order valence-electron chi connectivity index (χ1n) is 6.35. The van der Waals surface area contributed by atoms with Gasteiger partial charge in [-0.2, -0.15) is 5.10 Å². The summed E-state index contributed by atoms with van der Waals surface area (Å²) in [6.45, 7) is 2.20. The van der Waals surface area contributed by atoms with Crippen molar-refractivity contribution in [2.75, 3.05) is 0 Å². The minimum Gasteiger partial charge on any atom is -0.292 e. The second-order valence-electron chi connectivity index (χ2n) is 4.97. The van der Waals surface area contributed by atoms with Crippen molar-refractivity contribution in [2.24, 2.45) is 18.9 Å². The minimum absolute atomic E-state index is 0.140. The van der Waals surface area contributed by atoms with Gasteiger partial charge < -0.3 is 0 Å². The lowest BCUT2D eigenvalue weighted by molar-refractivity contribution is 0.0852. The highest BCUT2D eigenvalue weighted by atomic mass is 35.5. The highest BCUT2D eigenvalue weighted by Crippen LogP contribution is 2.33.